The van der Waals surface area contributed by atoms with E-state index in [9.17, 15) is 4.79 Å². The van der Waals surface area contributed by atoms with Crippen molar-refractivity contribution in [3.8, 4) is 5.75 Å². The minimum Gasteiger partial charge on any atom is -0.485 e. The van der Waals surface area contributed by atoms with Gasteiger partial charge in [0.05, 0.1) is 0 Å². The normalized spacial score (nSPS) is 19.0. The predicted octanol–water partition coefficient (Wildman–Crippen LogP) is 3.12. The van der Waals surface area contributed by atoms with Gasteiger partial charge in [-0.15, -0.1) is 11.3 Å². The summed E-state index contributed by atoms with van der Waals surface area (Å²) in [5, 5.41) is 8.66. The van der Waals surface area contributed by atoms with Gasteiger partial charge < -0.3 is 20.3 Å². The molecule has 1 aromatic carbocycles. The molecule has 30 heavy (non-hydrogen) atoms. The summed E-state index contributed by atoms with van der Waals surface area (Å²) in [6.07, 6.45) is 1.41. The van der Waals surface area contributed by atoms with Gasteiger partial charge in [-0.3, -0.25) is 9.69 Å². The lowest BCUT2D eigenvalue weighted by Gasteiger charge is -2.24. The van der Waals surface area contributed by atoms with Gasteiger partial charge in [0.2, 0.25) is 5.91 Å². The third-order valence-electron chi connectivity index (χ3n) is 5.57. The number of rotatable bonds is 10. The zero-order valence-corrected chi connectivity index (χ0v) is 19.1. The molecule has 2 N–H and O–H groups in total. The number of nitrogens with zero attached hydrogens (tertiary/aromatic N) is 2. The van der Waals surface area contributed by atoms with Crippen LogP contribution < -0.4 is 20.3 Å². The molecule has 1 amide bonds. The first-order chi connectivity index (χ1) is 14.6. The number of amides is 1. The Labute approximate surface area is 184 Å². The number of nitrogens with one attached hydrogen (secondary N) is 2. The molecule has 1 aliphatic heterocycles. The zero-order valence-electron chi connectivity index (χ0n) is 18.3. The van der Waals surface area contributed by atoms with Gasteiger partial charge in [0.1, 0.15) is 11.9 Å². The molecule has 0 saturated carbocycles. The molecule has 1 aliphatic rings. The molecule has 0 aliphatic carbocycles. The summed E-state index contributed by atoms with van der Waals surface area (Å²) in [4.78, 5) is 18.4. The van der Waals surface area contributed by atoms with E-state index < -0.39 is 0 Å². The van der Waals surface area contributed by atoms with Crippen molar-refractivity contribution in [2.45, 2.75) is 31.9 Å². The average Bonchev–Trinajstić information content (AvgIpc) is 3.24. The molecule has 1 fully saturated rings. The molecule has 1 saturated heterocycles. The van der Waals surface area contributed by atoms with E-state index in [1.54, 1.807) is 11.3 Å². The van der Waals surface area contributed by atoms with Gasteiger partial charge in [-0.2, -0.15) is 0 Å². The number of ether oxygens (including phenoxy) is 1. The van der Waals surface area contributed by atoms with Crippen molar-refractivity contribution in [2.75, 3.05) is 51.7 Å². The van der Waals surface area contributed by atoms with E-state index in [0.717, 1.165) is 44.0 Å². The van der Waals surface area contributed by atoms with Gasteiger partial charge in [0, 0.05) is 55.1 Å². The van der Waals surface area contributed by atoms with Gasteiger partial charge in [-0.05, 0) is 50.8 Å². The van der Waals surface area contributed by atoms with E-state index in [1.807, 2.05) is 36.2 Å². The third kappa shape index (κ3) is 6.04. The first-order valence-electron chi connectivity index (χ1n) is 10.8. The standard InChI is InChI=1S/C23H34N4O2S/c1-4-25-17-19-16-23(28)27(13-12-26(19)3)18-7-5-8-20(15-18)29-21(10-11-24-2)22-9-6-14-30-22/h5-9,14-15,19,21,24-25H,4,10-13,16-17H2,1-3H3/t19-,21?/m0/s1. The second kappa shape index (κ2) is 11.5. The van der Waals surface area contributed by atoms with Crippen molar-refractivity contribution in [2.24, 2.45) is 0 Å². The summed E-state index contributed by atoms with van der Waals surface area (Å²) in [6, 6.07) is 12.4. The second-order valence-electron chi connectivity index (χ2n) is 7.70. The number of carbonyl (C=O) groups excluding carboxylic acids is 1. The largest absolute Gasteiger partial charge is 0.485 e. The van der Waals surface area contributed by atoms with E-state index in [0.29, 0.717) is 13.0 Å². The van der Waals surface area contributed by atoms with Crippen molar-refractivity contribution in [1.29, 1.82) is 0 Å². The fraction of sp³-hybridized carbons (Fsp3) is 0.522. The van der Waals surface area contributed by atoms with E-state index in [1.165, 1.54) is 4.88 Å². The van der Waals surface area contributed by atoms with Gasteiger partial charge in [-0.1, -0.05) is 19.1 Å². The van der Waals surface area contributed by atoms with E-state index in [-0.39, 0.29) is 18.1 Å². The monoisotopic (exact) mass is 430 g/mol. The van der Waals surface area contributed by atoms with Crippen molar-refractivity contribution < 1.29 is 9.53 Å². The minimum atomic E-state index is 0.00293. The van der Waals surface area contributed by atoms with Crippen molar-refractivity contribution >= 4 is 22.9 Å². The summed E-state index contributed by atoms with van der Waals surface area (Å²) < 4.78 is 6.37. The molecule has 3 rings (SSSR count). The summed E-state index contributed by atoms with van der Waals surface area (Å²) in [7, 11) is 4.06. The predicted molar refractivity (Wildman–Crippen MR) is 125 cm³/mol. The Hall–Kier alpha value is -1.93. The number of hydrogen-bond donors (Lipinski definition) is 2. The van der Waals surface area contributed by atoms with Gasteiger partial charge in [0.15, 0.2) is 0 Å². The Morgan fingerprint density at radius 1 is 1.27 bits per heavy atom. The maximum Gasteiger partial charge on any atom is 0.228 e. The van der Waals surface area contributed by atoms with Gasteiger partial charge >= 0.3 is 0 Å². The highest BCUT2D eigenvalue weighted by Crippen LogP contribution is 2.30. The quantitative estimate of drug-likeness (QED) is 0.607. The van der Waals surface area contributed by atoms with Gasteiger partial charge in [0.25, 0.3) is 0 Å². The zero-order chi connectivity index (χ0) is 21.3. The lowest BCUT2D eigenvalue weighted by molar-refractivity contribution is -0.119. The second-order valence-corrected chi connectivity index (χ2v) is 8.68. The highest BCUT2D eigenvalue weighted by Gasteiger charge is 2.27. The molecule has 0 bridgehead atoms. The SMILES string of the molecule is CCNC[C@@H]1CC(=O)N(c2cccc(OC(CCNC)c3cccs3)c2)CCN1C. The molecular weight excluding hydrogens is 396 g/mol. The molecular formula is C23H34N4O2S. The molecule has 0 radical (unpaired) electrons. The first-order valence-corrected chi connectivity index (χ1v) is 11.7. The number of hydrogen-bond acceptors (Lipinski definition) is 6. The number of carbonyl (C=O) groups is 1. The Balaban J connectivity index is 1.73. The number of likely N-dealkylation sites (N-methyl/N-ethyl adjacent to an activating group) is 2. The Kier molecular flexibility index (Phi) is 8.69. The summed E-state index contributed by atoms with van der Waals surface area (Å²) >= 11 is 1.71. The van der Waals surface area contributed by atoms with Crippen LogP contribution in [0.15, 0.2) is 41.8 Å². The highest BCUT2D eigenvalue weighted by atomic mass is 32.1. The molecule has 164 valence electrons. The van der Waals surface area contributed by atoms with Crippen LogP contribution in [0.3, 0.4) is 0 Å². The maximum atomic E-state index is 13.0. The van der Waals surface area contributed by atoms with E-state index in [2.05, 4.69) is 47.0 Å². The van der Waals surface area contributed by atoms with Crippen LogP contribution in [0.5, 0.6) is 5.75 Å². The molecule has 7 heteroatoms. The Morgan fingerprint density at radius 2 is 2.13 bits per heavy atom. The van der Waals surface area contributed by atoms with Crippen molar-refractivity contribution in [1.82, 2.24) is 15.5 Å². The molecule has 6 nitrogen and oxygen atoms in total. The maximum absolute atomic E-state index is 13.0. The van der Waals surface area contributed by atoms with Crippen molar-refractivity contribution in [3.05, 3.63) is 46.7 Å². The smallest absolute Gasteiger partial charge is 0.228 e. The molecule has 2 heterocycles. The van der Waals surface area contributed by atoms with Crippen LogP contribution in [0.4, 0.5) is 5.69 Å². The van der Waals surface area contributed by atoms with Crippen LogP contribution in [0.1, 0.15) is 30.7 Å². The Bertz CT molecular complexity index is 783. The fourth-order valence-electron chi connectivity index (χ4n) is 3.74. The molecule has 0 spiro atoms. The third-order valence-corrected chi connectivity index (χ3v) is 6.53. The van der Waals surface area contributed by atoms with Gasteiger partial charge in [-0.25, -0.2) is 0 Å². The van der Waals surface area contributed by atoms with E-state index >= 15 is 0 Å². The molecule has 2 atom stereocenters. The van der Waals surface area contributed by atoms with Crippen LogP contribution in [0, 0.1) is 0 Å². The number of benzene rings is 1. The summed E-state index contributed by atoms with van der Waals surface area (Å²) in [5.74, 6) is 0.973. The minimum absolute atomic E-state index is 0.00293. The van der Waals surface area contributed by atoms with E-state index in [4.69, 9.17) is 4.74 Å². The Morgan fingerprint density at radius 3 is 2.87 bits per heavy atom. The highest BCUT2D eigenvalue weighted by molar-refractivity contribution is 7.10. The van der Waals surface area contributed by atoms with Crippen LogP contribution in [-0.4, -0.2) is 63.7 Å². The van der Waals surface area contributed by atoms with Crippen LogP contribution >= 0.6 is 11.3 Å². The molecule has 1 aromatic heterocycles. The fourth-order valence-corrected chi connectivity index (χ4v) is 4.53. The summed E-state index contributed by atoms with van der Waals surface area (Å²) in [6.45, 7) is 6.27. The number of thiophene rings is 1. The average molecular weight is 431 g/mol. The first kappa shape index (κ1) is 22.7. The summed E-state index contributed by atoms with van der Waals surface area (Å²) in [5.41, 5.74) is 0.911. The van der Waals surface area contributed by atoms with Crippen molar-refractivity contribution in [3.63, 3.8) is 0 Å². The lowest BCUT2D eigenvalue weighted by atomic mass is 10.1. The topological polar surface area (TPSA) is 56.8 Å². The molecule has 1 unspecified atom stereocenters. The lowest BCUT2D eigenvalue weighted by Crippen LogP contribution is -2.40. The van der Waals surface area contributed by atoms with Crippen LogP contribution in [0.25, 0.3) is 0 Å². The number of anilines is 1. The van der Waals surface area contributed by atoms with Crippen LogP contribution in [0.2, 0.25) is 0 Å². The van der Waals surface area contributed by atoms with Crippen LogP contribution in [-0.2, 0) is 4.79 Å². The molecule has 2 aromatic rings.